The van der Waals surface area contributed by atoms with Crippen LogP contribution in [0.15, 0.2) is 224 Å². The molecular weight excluding hydrogens is 691 g/mol. The lowest BCUT2D eigenvalue weighted by molar-refractivity contribution is 1.28. The Bertz CT molecular complexity index is 2960. The number of aromatic nitrogens is 2. The predicted octanol–water partition coefficient (Wildman–Crippen LogP) is 14.6. The van der Waals surface area contributed by atoms with Crippen LogP contribution in [0.3, 0.4) is 0 Å². The fraction of sp³-hybridized carbons (Fsp3) is 0. The Balaban J connectivity index is 1.06. The molecule has 0 saturated carbocycles. The minimum absolute atomic E-state index is 0.875. The van der Waals surface area contributed by atoms with Gasteiger partial charge in [0.15, 0.2) is 0 Å². The van der Waals surface area contributed by atoms with Crippen molar-refractivity contribution in [2.24, 2.45) is 0 Å². The highest BCUT2D eigenvalue weighted by molar-refractivity contribution is 6.07. The van der Waals surface area contributed by atoms with Gasteiger partial charge in [0, 0.05) is 33.6 Å². The van der Waals surface area contributed by atoms with Crippen LogP contribution in [0.4, 0.5) is 17.1 Å². The van der Waals surface area contributed by atoms with Gasteiger partial charge in [-0.05, 0) is 87.3 Å². The summed E-state index contributed by atoms with van der Waals surface area (Å²) in [5.74, 6) is 0. The zero-order valence-corrected chi connectivity index (χ0v) is 31.2. The normalized spacial score (nSPS) is 11.2. The molecule has 3 nitrogen and oxygen atoms in total. The van der Waals surface area contributed by atoms with Crippen LogP contribution in [0.5, 0.6) is 0 Å². The predicted molar refractivity (Wildman–Crippen MR) is 239 cm³/mol. The van der Waals surface area contributed by atoms with Gasteiger partial charge >= 0.3 is 0 Å². The van der Waals surface area contributed by atoms with E-state index in [1.807, 2.05) is 12.1 Å². The van der Waals surface area contributed by atoms with Gasteiger partial charge in [-0.25, -0.2) is 9.97 Å². The van der Waals surface area contributed by atoms with Crippen molar-refractivity contribution in [1.82, 2.24) is 9.97 Å². The van der Waals surface area contributed by atoms with Crippen LogP contribution in [0, 0.1) is 0 Å². The minimum atomic E-state index is 0.875. The lowest BCUT2D eigenvalue weighted by atomic mass is 9.98. The maximum atomic E-state index is 5.37. The van der Waals surface area contributed by atoms with E-state index >= 15 is 0 Å². The molecule has 10 rings (SSSR count). The lowest BCUT2D eigenvalue weighted by Gasteiger charge is -2.26. The molecule has 1 heterocycles. The van der Waals surface area contributed by atoms with Gasteiger partial charge in [-0.1, -0.05) is 176 Å². The number of hydrogen-bond acceptors (Lipinski definition) is 3. The molecular formula is C54H37N3. The van der Waals surface area contributed by atoms with Crippen LogP contribution < -0.4 is 4.90 Å². The highest BCUT2D eigenvalue weighted by Gasteiger charge is 2.17. The Morgan fingerprint density at radius 3 is 1.28 bits per heavy atom. The summed E-state index contributed by atoms with van der Waals surface area (Å²) in [5, 5.41) is 2.21. The largest absolute Gasteiger partial charge is 0.310 e. The van der Waals surface area contributed by atoms with Crippen LogP contribution in [0.25, 0.3) is 77.7 Å². The number of hydrogen-bond donors (Lipinski definition) is 0. The summed E-state index contributed by atoms with van der Waals surface area (Å²) in [6, 6.07) is 79.3. The molecule has 0 spiro atoms. The zero-order chi connectivity index (χ0) is 38.0. The fourth-order valence-corrected chi connectivity index (χ4v) is 7.75. The molecule has 0 bridgehead atoms. The second-order valence-corrected chi connectivity index (χ2v) is 14.2. The Morgan fingerprint density at radius 2 is 0.702 bits per heavy atom. The van der Waals surface area contributed by atoms with Gasteiger partial charge in [0.25, 0.3) is 0 Å². The van der Waals surface area contributed by atoms with E-state index in [0.717, 1.165) is 72.5 Å². The summed E-state index contributed by atoms with van der Waals surface area (Å²) in [4.78, 5) is 13.0. The molecule has 0 unspecified atom stereocenters. The third-order valence-electron chi connectivity index (χ3n) is 10.6. The van der Waals surface area contributed by atoms with E-state index in [4.69, 9.17) is 9.97 Å². The molecule has 0 aliphatic heterocycles. The van der Waals surface area contributed by atoms with Crippen LogP contribution in [-0.4, -0.2) is 9.97 Å². The van der Waals surface area contributed by atoms with Crippen molar-refractivity contribution in [3.8, 4) is 55.9 Å². The molecule has 9 aromatic carbocycles. The van der Waals surface area contributed by atoms with Gasteiger partial charge in [0.2, 0.25) is 0 Å². The van der Waals surface area contributed by atoms with E-state index in [1.54, 1.807) is 0 Å². The van der Waals surface area contributed by atoms with Gasteiger partial charge < -0.3 is 4.90 Å². The molecule has 1 aromatic heterocycles. The first-order valence-corrected chi connectivity index (χ1v) is 19.3. The molecule has 0 N–H and O–H groups in total. The Kier molecular flexibility index (Phi) is 8.86. The van der Waals surface area contributed by atoms with E-state index in [0.29, 0.717) is 0 Å². The molecule has 0 radical (unpaired) electrons. The quantitative estimate of drug-likeness (QED) is 0.146. The van der Waals surface area contributed by atoms with Crippen molar-refractivity contribution in [2.75, 3.05) is 4.90 Å². The molecule has 57 heavy (non-hydrogen) atoms. The molecule has 0 aliphatic rings. The smallest absolute Gasteiger partial charge is 0.0973 e. The van der Waals surface area contributed by atoms with E-state index in [2.05, 4.69) is 217 Å². The number of rotatable bonds is 8. The third-order valence-corrected chi connectivity index (χ3v) is 10.6. The topological polar surface area (TPSA) is 29.0 Å². The van der Waals surface area contributed by atoms with Crippen LogP contribution in [0.2, 0.25) is 0 Å². The summed E-state index contributed by atoms with van der Waals surface area (Å²) in [6.07, 6.45) is 0. The van der Waals surface area contributed by atoms with Gasteiger partial charge in [0.05, 0.1) is 22.4 Å². The molecule has 0 amide bonds. The average Bonchev–Trinajstić information content (AvgIpc) is 3.30. The first-order chi connectivity index (χ1) is 28.2. The van der Waals surface area contributed by atoms with Crippen LogP contribution in [-0.2, 0) is 0 Å². The maximum Gasteiger partial charge on any atom is 0.0973 e. The first-order valence-electron chi connectivity index (χ1n) is 19.3. The summed E-state index contributed by atoms with van der Waals surface area (Å²) >= 11 is 0. The van der Waals surface area contributed by atoms with Gasteiger partial charge in [-0.3, -0.25) is 0 Å². The summed E-state index contributed by atoms with van der Waals surface area (Å²) in [6.45, 7) is 0. The third kappa shape index (κ3) is 6.73. The van der Waals surface area contributed by atoms with E-state index in [-0.39, 0.29) is 0 Å². The molecule has 10 aromatic rings. The van der Waals surface area contributed by atoms with Gasteiger partial charge in [-0.2, -0.15) is 0 Å². The standard InChI is InChI=1S/C54H37N3/c1-5-14-38(15-6-1)40-26-31-47(32-27-40)57(49-23-13-22-45(36-49)39-16-7-2-8-17-39)48-33-28-41(29-34-48)46-25-24-42-30-35-51-54(50(42)37-46)56-53(44-20-11-4-12-21-44)52(55-51)43-18-9-3-10-19-43/h1-37H. The van der Waals surface area contributed by atoms with E-state index < -0.39 is 0 Å². The Hall–Kier alpha value is -7.62. The van der Waals surface area contributed by atoms with Crippen LogP contribution in [0.1, 0.15) is 0 Å². The molecule has 0 fully saturated rings. The fourth-order valence-electron chi connectivity index (χ4n) is 7.75. The monoisotopic (exact) mass is 727 g/mol. The Morgan fingerprint density at radius 1 is 0.281 bits per heavy atom. The summed E-state index contributed by atoms with van der Waals surface area (Å²) in [7, 11) is 0. The highest BCUT2D eigenvalue weighted by Crippen LogP contribution is 2.39. The summed E-state index contributed by atoms with van der Waals surface area (Å²) in [5.41, 5.74) is 15.9. The van der Waals surface area contributed by atoms with Crippen molar-refractivity contribution in [1.29, 1.82) is 0 Å². The second-order valence-electron chi connectivity index (χ2n) is 14.2. The van der Waals surface area contributed by atoms with E-state index in [1.165, 1.54) is 22.3 Å². The molecule has 268 valence electrons. The van der Waals surface area contributed by atoms with Crippen molar-refractivity contribution in [3.63, 3.8) is 0 Å². The van der Waals surface area contributed by atoms with Gasteiger partial charge in [0.1, 0.15) is 0 Å². The first kappa shape index (κ1) is 33.9. The number of nitrogens with zero attached hydrogens (tertiary/aromatic N) is 3. The van der Waals surface area contributed by atoms with Crippen molar-refractivity contribution in [3.05, 3.63) is 224 Å². The number of fused-ring (bicyclic) bond motifs is 3. The van der Waals surface area contributed by atoms with E-state index in [9.17, 15) is 0 Å². The van der Waals surface area contributed by atoms with Gasteiger partial charge in [-0.15, -0.1) is 0 Å². The number of benzene rings is 9. The highest BCUT2D eigenvalue weighted by atomic mass is 15.1. The maximum absolute atomic E-state index is 5.37. The van der Waals surface area contributed by atoms with Crippen molar-refractivity contribution in [2.45, 2.75) is 0 Å². The molecule has 3 heteroatoms. The molecule has 0 saturated heterocycles. The summed E-state index contributed by atoms with van der Waals surface area (Å²) < 4.78 is 0. The SMILES string of the molecule is c1ccc(-c2ccc(N(c3ccc(-c4ccc5ccc6nc(-c7ccccc7)c(-c7ccccc7)nc6c5c4)cc3)c3cccc(-c4ccccc4)c3)cc2)cc1. The molecule has 0 aliphatic carbocycles. The lowest BCUT2D eigenvalue weighted by Crippen LogP contribution is -2.10. The van der Waals surface area contributed by atoms with Crippen molar-refractivity contribution < 1.29 is 0 Å². The zero-order valence-electron chi connectivity index (χ0n) is 31.2. The Labute approximate surface area is 332 Å². The average molecular weight is 728 g/mol. The van der Waals surface area contributed by atoms with Crippen molar-refractivity contribution >= 4 is 38.9 Å². The minimum Gasteiger partial charge on any atom is -0.310 e. The van der Waals surface area contributed by atoms with Crippen LogP contribution >= 0.6 is 0 Å². The second kappa shape index (κ2) is 14.9. The number of anilines is 3. The molecule has 0 atom stereocenters.